The first-order valence-electron chi connectivity index (χ1n) is 8.60. The lowest BCUT2D eigenvalue weighted by Gasteiger charge is -2.28. The average Bonchev–Trinajstić information content (AvgIpc) is 2.43. The van der Waals surface area contributed by atoms with Gasteiger partial charge in [0.05, 0.1) is 0 Å². The van der Waals surface area contributed by atoms with E-state index in [0.717, 1.165) is 24.7 Å². The highest BCUT2D eigenvalue weighted by molar-refractivity contribution is 5.66. The van der Waals surface area contributed by atoms with E-state index in [-0.39, 0.29) is 0 Å². The van der Waals surface area contributed by atoms with Gasteiger partial charge in [0.15, 0.2) is 0 Å². The Kier molecular flexibility index (Phi) is 9.44. The average molecular weight is 280 g/mol. The fourth-order valence-corrected chi connectivity index (χ4v) is 3.39. The van der Waals surface area contributed by atoms with E-state index in [9.17, 15) is 4.79 Å². The molecule has 2 unspecified atom stereocenters. The van der Waals surface area contributed by atoms with E-state index in [1.165, 1.54) is 57.8 Å². The molecular formula is C18H32O2. The summed E-state index contributed by atoms with van der Waals surface area (Å²) in [5, 5.41) is 8.56. The molecule has 20 heavy (non-hydrogen) atoms. The van der Waals surface area contributed by atoms with E-state index in [2.05, 4.69) is 19.1 Å². The van der Waals surface area contributed by atoms with Crippen LogP contribution >= 0.6 is 0 Å². The highest BCUT2D eigenvalue weighted by Crippen LogP contribution is 2.33. The molecule has 0 aromatic carbocycles. The molecule has 1 aliphatic rings. The van der Waals surface area contributed by atoms with Crippen LogP contribution in [0.3, 0.4) is 0 Å². The lowest BCUT2D eigenvalue weighted by molar-refractivity contribution is -0.137. The highest BCUT2D eigenvalue weighted by Gasteiger charge is 2.20. The molecule has 2 nitrogen and oxygen atoms in total. The van der Waals surface area contributed by atoms with Gasteiger partial charge >= 0.3 is 5.97 Å². The Morgan fingerprint density at radius 3 is 2.10 bits per heavy atom. The van der Waals surface area contributed by atoms with Gasteiger partial charge in [-0.05, 0) is 37.5 Å². The Morgan fingerprint density at radius 2 is 1.50 bits per heavy atom. The Morgan fingerprint density at radius 1 is 0.950 bits per heavy atom. The largest absolute Gasteiger partial charge is 0.481 e. The Labute approximate surface area is 124 Å². The molecule has 0 aromatic rings. The smallest absolute Gasteiger partial charge is 0.303 e. The first-order chi connectivity index (χ1) is 9.74. The van der Waals surface area contributed by atoms with Gasteiger partial charge in [0.2, 0.25) is 0 Å². The van der Waals surface area contributed by atoms with Crippen LogP contribution in [-0.4, -0.2) is 11.1 Å². The lowest BCUT2D eigenvalue weighted by atomic mass is 9.77. The Hall–Kier alpha value is -0.790. The lowest BCUT2D eigenvalue weighted by Crippen LogP contribution is -2.16. The number of allylic oxidation sites excluding steroid dienone is 2. The first-order valence-corrected chi connectivity index (χ1v) is 8.60. The molecule has 0 spiro atoms. The number of aliphatic carboxylic acids is 1. The van der Waals surface area contributed by atoms with Crippen LogP contribution in [0.15, 0.2) is 12.2 Å². The summed E-state index contributed by atoms with van der Waals surface area (Å²) in [6, 6.07) is 0. The Balaban J connectivity index is 1.99. The zero-order chi connectivity index (χ0) is 14.6. The molecule has 0 aliphatic heterocycles. The maximum atomic E-state index is 10.4. The molecule has 0 heterocycles. The molecule has 116 valence electrons. The van der Waals surface area contributed by atoms with Crippen molar-refractivity contribution >= 4 is 5.97 Å². The SMILES string of the molecule is CCCC1CC=CCC1CCCCCCCCC(=O)O. The third-order valence-corrected chi connectivity index (χ3v) is 4.59. The first kappa shape index (κ1) is 17.3. The summed E-state index contributed by atoms with van der Waals surface area (Å²) in [5.41, 5.74) is 0. The van der Waals surface area contributed by atoms with E-state index in [1.54, 1.807) is 0 Å². The number of carboxylic acids is 1. The van der Waals surface area contributed by atoms with Crippen molar-refractivity contribution in [3.8, 4) is 0 Å². The summed E-state index contributed by atoms with van der Waals surface area (Å²) in [7, 11) is 0. The molecule has 1 N–H and O–H groups in total. The van der Waals surface area contributed by atoms with Crippen LogP contribution in [0.4, 0.5) is 0 Å². The van der Waals surface area contributed by atoms with Gasteiger partial charge in [0, 0.05) is 6.42 Å². The minimum atomic E-state index is -0.655. The van der Waals surface area contributed by atoms with Crippen LogP contribution in [0.2, 0.25) is 0 Å². The van der Waals surface area contributed by atoms with Crippen molar-refractivity contribution in [2.75, 3.05) is 0 Å². The third kappa shape index (κ3) is 7.72. The van der Waals surface area contributed by atoms with Crippen LogP contribution in [0.5, 0.6) is 0 Å². The van der Waals surface area contributed by atoms with Crippen molar-refractivity contribution in [1.29, 1.82) is 0 Å². The molecule has 1 aliphatic carbocycles. The topological polar surface area (TPSA) is 37.3 Å². The van der Waals surface area contributed by atoms with Crippen LogP contribution in [0.25, 0.3) is 0 Å². The molecule has 0 saturated heterocycles. The number of rotatable bonds is 11. The van der Waals surface area contributed by atoms with E-state index in [0.29, 0.717) is 6.42 Å². The van der Waals surface area contributed by atoms with Crippen molar-refractivity contribution in [3.05, 3.63) is 12.2 Å². The van der Waals surface area contributed by atoms with E-state index < -0.39 is 5.97 Å². The fourth-order valence-electron chi connectivity index (χ4n) is 3.39. The van der Waals surface area contributed by atoms with Crippen molar-refractivity contribution in [2.45, 2.75) is 84.0 Å². The van der Waals surface area contributed by atoms with Gasteiger partial charge in [-0.1, -0.05) is 64.0 Å². The molecule has 0 radical (unpaired) electrons. The normalized spacial score (nSPS) is 22.1. The van der Waals surface area contributed by atoms with E-state index in [4.69, 9.17) is 5.11 Å². The third-order valence-electron chi connectivity index (χ3n) is 4.59. The second-order valence-corrected chi connectivity index (χ2v) is 6.31. The maximum Gasteiger partial charge on any atom is 0.303 e. The predicted octanol–water partition coefficient (Wildman–Crippen LogP) is 5.57. The molecule has 0 bridgehead atoms. The van der Waals surface area contributed by atoms with Gasteiger partial charge < -0.3 is 5.11 Å². The second-order valence-electron chi connectivity index (χ2n) is 6.31. The van der Waals surface area contributed by atoms with Gasteiger partial charge in [-0.3, -0.25) is 4.79 Å². The van der Waals surface area contributed by atoms with Crippen LogP contribution < -0.4 is 0 Å². The van der Waals surface area contributed by atoms with Crippen LogP contribution in [0, 0.1) is 11.8 Å². The van der Waals surface area contributed by atoms with Gasteiger partial charge in [-0.2, -0.15) is 0 Å². The molecule has 0 saturated carbocycles. The van der Waals surface area contributed by atoms with Crippen molar-refractivity contribution < 1.29 is 9.90 Å². The summed E-state index contributed by atoms with van der Waals surface area (Å²) in [6.45, 7) is 2.30. The molecular weight excluding hydrogens is 248 g/mol. The summed E-state index contributed by atoms with van der Waals surface area (Å²) in [5.74, 6) is 1.20. The molecule has 2 heteroatoms. The van der Waals surface area contributed by atoms with Gasteiger partial charge in [0.1, 0.15) is 0 Å². The standard InChI is InChI=1S/C18H32O2/c1-2-11-16-13-9-10-14-17(16)12-7-5-3-4-6-8-15-18(19)20/h9-10,16-17H,2-8,11-15H2,1H3,(H,19,20). The summed E-state index contributed by atoms with van der Waals surface area (Å²) >= 11 is 0. The van der Waals surface area contributed by atoms with E-state index >= 15 is 0 Å². The Bertz CT molecular complexity index is 283. The predicted molar refractivity (Wildman–Crippen MR) is 84.8 cm³/mol. The second kappa shape index (κ2) is 10.9. The zero-order valence-electron chi connectivity index (χ0n) is 13.2. The fraction of sp³-hybridized carbons (Fsp3) is 0.833. The van der Waals surface area contributed by atoms with Gasteiger partial charge in [-0.15, -0.1) is 0 Å². The summed E-state index contributed by atoms with van der Waals surface area (Å²) in [6.07, 6.45) is 18.9. The number of hydrogen-bond donors (Lipinski definition) is 1. The van der Waals surface area contributed by atoms with Crippen LogP contribution in [0.1, 0.15) is 84.0 Å². The van der Waals surface area contributed by atoms with Crippen LogP contribution in [-0.2, 0) is 4.79 Å². The number of hydrogen-bond acceptors (Lipinski definition) is 1. The quantitative estimate of drug-likeness (QED) is 0.396. The minimum Gasteiger partial charge on any atom is -0.481 e. The number of carbonyl (C=O) groups is 1. The van der Waals surface area contributed by atoms with E-state index in [1.807, 2.05) is 0 Å². The maximum absolute atomic E-state index is 10.4. The molecule has 0 aromatic heterocycles. The van der Waals surface area contributed by atoms with Crippen molar-refractivity contribution in [1.82, 2.24) is 0 Å². The zero-order valence-corrected chi connectivity index (χ0v) is 13.2. The highest BCUT2D eigenvalue weighted by atomic mass is 16.4. The number of unbranched alkanes of at least 4 members (excludes halogenated alkanes) is 5. The molecule has 1 rings (SSSR count). The monoisotopic (exact) mass is 280 g/mol. The van der Waals surface area contributed by atoms with Crippen molar-refractivity contribution in [3.63, 3.8) is 0 Å². The molecule has 0 amide bonds. The van der Waals surface area contributed by atoms with Gasteiger partial charge in [-0.25, -0.2) is 0 Å². The number of carboxylic acid groups (broad SMARTS) is 1. The van der Waals surface area contributed by atoms with Crippen molar-refractivity contribution in [2.24, 2.45) is 11.8 Å². The van der Waals surface area contributed by atoms with Gasteiger partial charge in [0.25, 0.3) is 0 Å². The summed E-state index contributed by atoms with van der Waals surface area (Å²) < 4.78 is 0. The minimum absolute atomic E-state index is 0.340. The summed E-state index contributed by atoms with van der Waals surface area (Å²) in [4.78, 5) is 10.4. The molecule has 2 atom stereocenters. The molecule has 0 fully saturated rings.